The second kappa shape index (κ2) is 5.68. The minimum Gasteiger partial charge on any atom is -0.358 e. The third kappa shape index (κ3) is 4.27. The fourth-order valence-electron chi connectivity index (χ4n) is 1.20. The Kier molecular flexibility index (Phi) is 4.52. The summed E-state index contributed by atoms with van der Waals surface area (Å²) in [6.07, 6.45) is 0. The summed E-state index contributed by atoms with van der Waals surface area (Å²) in [4.78, 5) is 17.1. The van der Waals surface area contributed by atoms with E-state index in [1.54, 1.807) is 13.1 Å². The van der Waals surface area contributed by atoms with E-state index in [1.807, 2.05) is 24.1 Å². The van der Waals surface area contributed by atoms with Gasteiger partial charge < -0.3 is 5.32 Å². The summed E-state index contributed by atoms with van der Waals surface area (Å²) in [5.74, 6) is -0.0143. The van der Waals surface area contributed by atoms with Crippen LogP contribution in [0.5, 0.6) is 0 Å². The van der Waals surface area contributed by atoms with Crippen LogP contribution in [-0.2, 0) is 11.3 Å². The van der Waals surface area contributed by atoms with Crippen molar-refractivity contribution in [1.82, 2.24) is 15.2 Å². The van der Waals surface area contributed by atoms with Gasteiger partial charge in [-0.05, 0) is 19.2 Å². The summed E-state index contributed by atoms with van der Waals surface area (Å²) in [6, 6.07) is 5.45. The summed E-state index contributed by atoms with van der Waals surface area (Å²) < 4.78 is 0. The Balaban J connectivity index is 2.51. The molecule has 0 aromatic carbocycles. The van der Waals surface area contributed by atoms with Crippen LogP contribution >= 0.6 is 11.6 Å². The molecule has 15 heavy (non-hydrogen) atoms. The molecule has 4 nitrogen and oxygen atoms in total. The number of halogens is 1. The number of carbonyl (C=O) groups is 1. The van der Waals surface area contributed by atoms with Crippen molar-refractivity contribution in [1.29, 1.82) is 0 Å². The van der Waals surface area contributed by atoms with Crippen molar-refractivity contribution in [2.45, 2.75) is 6.54 Å². The van der Waals surface area contributed by atoms with Crippen molar-refractivity contribution < 1.29 is 4.79 Å². The zero-order valence-corrected chi connectivity index (χ0v) is 9.58. The number of aromatic nitrogens is 1. The number of nitrogens with zero attached hydrogens (tertiary/aromatic N) is 2. The van der Waals surface area contributed by atoms with Crippen LogP contribution in [0.3, 0.4) is 0 Å². The number of hydrogen-bond donors (Lipinski definition) is 1. The highest BCUT2D eigenvalue weighted by molar-refractivity contribution is 6.29. The average molecular weight is 228 g/mol. The smallest absolute Gasteiger partial charge is 0.233 e. The van der Waals surface area contributed by atoms with E-state index in [0.29, 0.717) is 18.2 Å². The van der Waals surface area contributed by atoms with Crippen LogP contribution in [0.25, 0.3) is 0 Å². The lowest BCUT2D eigenvalue weighted by Gasteiger charge is -2.14. The molecule has 0 radical (unpaired) electrons. The molecule has 1 rings (SSSR count). The Bertz CT molecular complexity index is 343. The lowest BCUT2D eigenvalue weighted by molar-refractivity contribution is -0.121. The van der Waals surface area contributed by atoms with Gasteiger partial charge in [-0.1, -0.05) is 17.7 Å². The fourth-order valence-corrected chi connectivity index (χ4v) is 1.38. The zero-order valence-electron chi connectivity index (χ0n) is 8.83. The van der Waals surface area contributed by atoms with Crippen LogP contribution in [0.2, 0.25) is 5.15 Å². The molecule has 82 valence electrons. The van der Waals surface area contributed by atoms with Crippen LogP contribution in [0.15, 0.2) is 18.2 Å². The molecule has 1 aromatic heterocycles. The lowest BCUT2D eigenvalue weighted by atomic mass is 10.3. The van der Waals surface area contributed by atoms with E-state index in [2.05, 4.69) is 10.3 Å². The Hall–Kier alpha value is -1.13. The summed E-state index contributed by atoms with van der Waals surface area (Å²) in [5.41, 5.74) is 0.855. The number of hydrogen-bond acceptors (Lipinski definition) is 3. The first-order chi connectivity index (χ1) is 7.11. The van der Waals surface area contributed by atoms with Crippen LogP contribution < -0.4 is 5.32 Å². The van der Waals surface area contributed by atoms with Crippen molar-refractivity contribution in [2.24, 2.45) is 0 Å². The topological polar surface area (TPSA) is 45.2 Å². The number of rotatable bonds is 4. The normalized spacial score (nSPS) is 10.4. The maximum Gasteiger partial charge on any atom is 0.233 e. The van der Waals surface area contributed by atoms with Crippen LogP contribution in [0, 0.1) is 0 Å². The van der Waals surface area contributed by atoms with E-state index in [-0.39, 0.29) is 5.91 Å². The van der Waals surface area contributed by atoms with Gasteiger partial charge in [0.15, 0.2) is 0 Å². The standard InChI is InChI=1S/C10H14ClN3O/c1-12-10(15)7-14(2)6-8-4-3-5-9(11)13-8/h3-5H,6-7H2,1-2H3,(H,12,15). The monoisotopic (exact) mass is 227 g/mol. The molecular formula is C10H14ClN3O. The summed E-state index contributed by atoms with van der Waals surface area (Å²) >= 11 is 5.75. The number of pyridine rings is 1. The molecule has 0 aliphatic rings. The van der Waals surface area contributed by atoms with Gasteiger partial charge in [0.05, 0.1) is 12.2 Å². The predicted molar refractivity (Wildman–Crippen MR) is 59.6 cm³/mol. The molecule has 0 saturated heterocycles. The number of carbonyl (C=O) groups excluding carboxylic acids is 1. The molecule has 5 heteroatoms. The highest BCUT2D eigenvalue weighted by Crippen LogP contribution is 2.06. The Morgan fingerprint density at radius 2 is 2.33 bits per heavy atom. The van der Waals surface area contributed by atoms with Crippen molar-refractivity contribution >= 4 is 17.5 Å². The molecule has 1 heterocycles. The molecule has 0 saturated carbocycles. The van der Waals surface area contributed by atoms with Gasteiger partial charge in [-0.25, -0.2) is 4.98 Å². The zero-order chi connectivity index (χ0) is 11.3. The molecule has 0 aliphatic carbocycles. The van der Waals surface area contributed by atoms with Gasteiger partial charge in [0, 0.05) is 13.6 Å². The number of likely N-dealkylation sites (N-methyl/N-ethyl adjacent to an activating group) is 2. The Morgan fingerprint density at radius 3 is 2.93 bits per heavy atom. The van der Waals surface area contributed by atoms with Crippen molar-refractivity contribution in [3.05, 3.63) is 29.0 Å². The van der Waals surface area contributed by atoms with Crippen molar-refractivity contribution in [2.75, 3.05) is 20.6 Å². The van der Waals surface area contributed by atoms with E-state index in [9.17, 15) is 4.79 Å². The first-order valence-corrected chi connectivity index (χ1v) is 5.00. The summed E-state index contributed by atoms with van der Waals surface area (Å²) in [6.45, 7) is 0.957. The van der Waals surface area contributed by atoms with E-state index < -0.39 is 0 Å². The summed E-state index contributed by atoms with van der Waals surface area (Å²) in [5, 5.41) is 3.04. The van der Waals surface area contributed by atoms with Crippen LogP contribution in [0.1, 0.15) is 5.69 Å². The minimum atomic E-state index is -0.0143. The molecular weight excluding hydrogens is 214 g/mol. The van der Waals surface area contributed by atoms with Crippen molar-refractivity contribution in [3.8, 4) is 0 Å². The highest BCUT2D eigenvalue weighted by Gasteiger charge is 2.05. The largest absolute Gasteiger partial charge is 0.358 e. The van der Waals surface area contributed by atoms with E-state index in [0.717, 1.165) is 5.69 Å². The average Bonchev–Trinajstić information content (AvgIpc) is 2.17. The van der Waals surface area contributed by atoms with Crippen LogP contribution in [0.4, 0.5) is 0 Å². The molecule has 0 fully saturated rings. The maximum absolute atomic E-state index is 11.1. The molecule has 0 spiro atoms. The lowest BCUT2D eigenvalue weighted by Crippen LogP contribution is -2.32. The van der Waals surface area contributed by atoms with E-state index >= 15 is 0 Å². The Morgan fingerprint density at radius 1 is 1.60 bits per heavy atom. The van der Waals surface area contributed by atoms with E-state index in [1.165, 1.54) is 0 Å². The van der Waals surface area contributed by atoms with Gasteiger partial charge in [-0.15, -0.1) is 0 Å². The van der Waals surface area contributed by atoms with Gasteiger partial charge in [0.25, 0.3) is 0 Å². The molecule has 0 unspecified atom stereocenters. The quantitative estimate of drug-likeness (QED) is 0.778. The fraction of sp³-hybridized carbons (Fsp3) is 0.400. The number of nitrogens with one attached hydrogen (secondary N) is 1. The second-order valence-electron chi connectivity index (χ2n) is 3.30. The van der Waals surface area contributed by atoms with Gasteiger partial charge in [-0.3, -0.25) is 9.69 Å². The minimum absolute atomic E-state index is 0.0143. The predicted octanol–water partition coefficient (Wildman–Crippen LogP) is 0.913. The van der Waals surface area contributed by atoms with Gasteiger partial charge in [0.1, 0.15) is 5.15 Å². The highest BCUT2D eigenvalue weighted by atomic mass is 35.5. The van der Waals surface area contributed by atoms with Gasteiger partial charge in [-0.2, -0.15) is 0 Å². The third-order valence-electron chi connectivity index (χ3n) is 1.90. The maximum atomic E-state index is 11.1. The number of amides is 1. The van der Waals surface area contributed by atoms with E-state index in [4.69, 9.17) is 11.6 Å². The molecule has 1 N–H and O–H groups in total. The molecule has 0 atom stereocenters. The van der Waals surface area contributed by atoms with Crippen molar-refractivity contribution in [3.63, 3.8) is 0 Å². The first-order valence-electron chi connectivity index (χ1n) is 4.62. The molecule has 1 amide bonds. The third-order valence-corrected chi connectivity index (χ3v) is 2.11. The van der Waals surface area contributed by atoms with Gasteiger partial charge in [0.2, 0.25) is 5.91 Å². The first kappa shape index (κ1) is 11.9. The second-order valence-corrected chi connectivity index (χ2v) is 3.68. The molecule has 0 aliphatic heterocycles. The molecule has 0 bridgehead atoms. The van der Waals surface area contributed by atoms with Gasteiger partial charge >= 0.3 is 0 Å². The Labute approximate surface area is 94.3 Å². The molecule has 1 aromatic rings. The van der Waals surface area contributed by atoms with Crippen LogP contribution in [-0.4, -0.2) is 36.4 Å². The SMILES string of the molecule is CNC(=O)CN(C)Cc1cccc(Cl)n1. The summed E-state index contributed by atoms with van der Waals surface area (Å²) in [7, 11) is 3.48.